The molecule has 2 N–H and O–H groups in total. The number of hydrogen-bond acceptors (Lipinski definition) is 2. The molecule has 0 fully saturated rings. The summed E-state index contributed by atoms with van der Waals surface area (Å²) < 4.78 is 0. The third-order valence-corrected chi connectivity index (χ3v) is 5.69. The Kier molecular flexibility index (Phi) is 6.64. The van der Waals surface area contributed by atoms with Crippen molar-refractivity contribution in [3.63, 3.8) is 0 Å². The summed E-state index contributed by atoms with van der Waals surface area (Å²) in [5.41, 5.74) is 8.19. The summed E-state index contributed by atoms with van der Waals surface area (Å²) in [4.78, 5) is 1.24. The van der Waals surface area contributed by atoms with Crippen molar-refractivity contribution >= 4 is 35.0 Å². The predicted octanol–water partition coefficient (Wildman–Crippen LogP) is 5.98. The first-order chi connectivity index (χ1) is 10.5. The molecule has 4 heteroatoms. The van der Waals surface area contributed by atoms with Crippen LogP contribution >= 0.6 is 35.0 Å². The second-order valence-electron chi connectivity index (χ2n) is 5.60. The smallest absolute Gasteiger partial charge is 0.0461 e. The van der Waals surface area contributed by atoms with Gasteiger partial charge in [0.2, 0.25) is 0 Å². The van der Waals surface area contributed by atoms with Crippen molar-refractivity contribution in [2.75, 3.05) is 6.54 Å². The van der Waals surface area contributed by atoms with E-state index in [9.17, 15) is 0 Å². The monoisotopic (exact) mass is 353 g/mol. The lowest BCUT2D eigenvalue weighted by Crippen LogP contribution is -2.16. The molecule has 0 radical (unpaired) electrons. The Labute approximate surface area is 147 Å². The fraction of sp³-hybridized carbons (Fsp3) is 0.333. The second kappa shape index (κ2) is 8.26. The van der Waals surface area contributed by atoms with E-state index < -0.39 is 0 Å². The van der Waals surface area contributed by atoms with Gasteiger partial charge in [0.15, 0.2) is 0 Å². The fourth-order valence-corrected chi connectivity index (χ4v) is 3.66. The Morgan fingerprint density at radius 1 is 1.05 bits per heavy atom. The zero-order valence-corrected chi connectivity index (χ0v) is 15.2. The number of nitrogens with two attached hydrogens (primary N) is 1. The SMILES string of the molecule is CC(CN)C(C)c1ccc(SCc2ccc(Cl)cc2Cl)cc1. The maximum absolute atomic E-state index is 6.20. The quantitative estimate of drug-likeness (QED) is 0.646. The number of halogens is 2. The molecule has 0 aromatic heterocycles. The van der Waals surface area contributed by atoms with Crippen LogP contribution in [0.1, 0.15) is 30.9 Å². The van der Waals surface area contributed by atoms with Gasteiger partial charge < -0.3 is 5.73 Å². The van der Waals surface area contributed by atoms with Crippen LogP contribution in [-0.4, -0.2) is 6.54 Å². The zero-order chi connectivity index (χ0) is 16.1. The van der Waals surface area contributed by atoms with Gasteiger partial charge in [-0.25, -0.2) is 0 Å². The molecule has 2 unspecified atom stereocenters. The van der Waals surface area contributed by atoms with Crippen LogP contribution in [0.5, 0.6) is 0 Å². The summed E-state index contributed by atoms with van der Waals surface area (Å²) in [5, 5.41) is 1.40. The van der Waals surface area contributed by atoms with Crippen LogP contribution in [0.15, 0.2) is 47.4 Å². The lowest BCUT2D eigenvalue weighted by molar-refractivity contribution is 0.499. The van der Waals surface area contributed by atoms with Crippen molar-refractivity contribution in [2.24, 2.45) is 11.7 Å². The molecule has 0 aliphatic rings. The molecule has 0 aliphatic carbocycles. The lowest BCUT2D eigenvalue weighted by atomic mass is 9.89. The van der Waals surface area contributed by atoms with Crippen LogP contribution in [-0.2, 0) is 5.75 Å². The van der Waals surface area contributed by atoms with Gasteiger partial charge in [-0.3, -0.25) is 0 Å². The first kappa shape index (κ1) is 17.7. The first-order valence-electron chi connectivity index (χ1n) is 7.38. The van der Waals surface area contributed by atoms with Gasteiger partial charge in [-0.1, -0.05) is 55.2 Å². The van der Waals surface area contributed by atoms with Gasteiger partial charge in [0.25, 0.3) is 0 Å². The summed E-state index contributed by atoms with van der Waals surface area (Å²) >= 11 is 13.9. The molecule has 2 rings (SSSR count). The minimum atomic E-state index is 0.481. The molecule has 0 amide bonds. The normalized spacial score (nSPS) is 13.9. The van der Waals surface area contributed by atoms with E-state index in [0.29, 0.717) is 23.4 Å². The van der Waals surface area contributed by atoms with E-state index >= 15 is 0 Å². The molecule has 0 aliphatic heterocycles. The Balaban J connectivity index is 1.99. The van der Waals surface area contributed by atoms with E-state index in [0.717, 1.165) is 16.3 Å². The average Bonchev–Trinajstić information content (AvgIpc) is 2.53. The van der Waals surface area contributed by atoms with E-state index in [-0.39, 0.29) is 0 Å². The number of benzene rings is 2. The van der Waals surface area contributed by atoms with Crippen LogP contribution in [0.25, 0.3) is 0 Å². The van der Waals surface area contributed by atoms with Crippen LogP contribution in [0.4, 0.5) is 0 Å². The third-order valence-electron chi connectivity index (χ3n) is 4.04. The van der Waals surface area contributed by atoms with Crippen molar-refractivity contribution in [1.29, 1.82) is 0 Å². The highest BCUT2D eigenvalue weighted by Crippen LogP contribution is 2.30. The summed E-state index contributed by atoms with van der Waals surface area (Å²) in [5.74, 6) is 1.81. The maximum atomic E-state index is 6.20. The van der Waals surface area contributed by atoms with Gasteiger partial charge >= 0.3 is 0 Å². The highest BCUT2D eigenvalue weighted by molar-refractivity contribution is 7.98. The van der Waals surface area contributed by atoms with E-state index in [1.54, 1.807) is 17.8 Å². The van der Waals surface area contributed by atoms with Gasteiger partial charge in [0.1, 0.15) is 0 Å². The van der Waals surface area contributed by atoms with Gasteiger partial charge in [-0.15, -0.1) is 11.8 Å². The molecule has 2 aromatic carbocycles. The van der Waals surface area contributed by atoms with Gasteiger partial charge in [0.05, 0.1) is 0 Å². The Bertz CT molecular complexity index is 613. The number of rotatable bonds is 6. The maximum Gasteiger partial charge on any atom is 0.0461 e. The minimum Gasteiger partial charge on any atom is -0.330 e. The predicted molar refractivity (Wildman–Crippen MR) is 99.1 cm³/mol. The molecule has 0 saturated carbocycles. The average molecular weight is 354 g/mol. The van der Waals surface area contributed by atoms with Crippen molar-refractivity contribution in [3.8, 4) is 0 Å². The van der Waals surface area contributed by atoms with E-state index in [1.165, 1.54) is 10.5 Å². The molecule has 118 valence electrons. The lowest BCUT2D eigenvalue weighted by Gasteiger charge is -2.18. The van der Waals surface area contributed by atoms with Crippen LogP contribution in [0.2, 0.25) is 10.0 Å². The van der Waals surface area contributed by atoms with Crippen molar-refractivity contribution in [3.05, 3.63) is 63.6 Å². The summed E-state index contributed by atoms with van der Waals surface area (Å²) in [7, 11) is 0. The number of thioether (sulfide) groups is 1. The molecule has 22 heavy (non-hydrogen) atoms. The van der Waals surface area contributed by atoms with Gasteiger partial charge in [-0.2, -0.15) is 0 Å². The van der Waals surface area contributed by atoms with Crippen LogP contribution < -0.4 is 5.73 Å². The minimum absolute atomic E-state index is 0.481. The number of hydrogen-bond donors (Lipinski definition) is 1. The third kappa shape index (κ3) is 4.66. The van der Waals surface area contributed by atoms with Crippen molar-refractivity contribution in [2.45, 2.75) is 30.4 Å². The molecule has 1 nitrogen and oxygen atoms in total. The van der Waals surface area contributed by atoms with E-state index in [1.807, 2.05) is 12.1 Å². The van der Waals surface area contributed by atoms with E-state index in [4.69, 9.17) is 28.9 Å². The molecule has 0 saturated heterocycles. The molecular formula is C18H21Cl2NS. The molecule has 2 aromatic rings. The molecule has 0 spiro atoms. The summed E-state index contributed by atoms with van der Waals surface area (Å²) in [6.45, 7) is 5.13. The van der Waals surface area contributed by atoms with E-state index in [2.05, 4.69) is 38.1 Å². The van der Waals surface area contributed by atoms with Gasteiger partial charge in [0, 0.05) is 20.7 Å². The fourth-order valence-electron chi connectivity index (χ4n) is 2.20. The summed E-state index contributed by atoms with van der Waals surface area (Å²) in [6.07, 6.45) is 0. The highest BCUT2D eigenvalue weighted by Gasteiger charge is 2.12. The van der Waals surface area contributed by atoms with Crippen LogP contribution in [0.3, 0.4) is 0 Å². The van der Waals surface area contributed by atoms with Crippen molar-refractivity contribution in [1.82, 2.24) is 0 Å². The van der Waals surface area contributed by atoms with Crippen molar-refractivity contribution < 1.29 is 0 Å². The van der Waals surface area contributed by atoms with Crippen LogP contribution in [0, 0.1) is 5.92 Å². The Hall–Kier alpha value is -0.670. The first-order valence-corrected chi connectivity index (χ1v) is 9.12. The molecule has 0 heterocycles. The standard InChI is InChI=1S/C18H21Cl2NS/c1-12(10-21)13(2)14-4-7-17(8-5-14)22-11-15-3-6-16(19)9-18(15)20/h3-9,12-13H,10-11,21H2,1-2H3. The van der Waals surface area contributed by atoms with Gasteiger partial charge in [-0.05, 0) is 53.8 Å². The molecule has 0 bridgehead atoms. The molecule has 2 atom stereocenters. The molecular weight excluding hydrogens is 333 g/mol. The topological polar surface area (TPSA) is 26.0 Å². The second-order valence-corrected chi connectivity index (χ2v) is 7.49. The Morgan fingerprint density at radius 3 is 2.32 bits per heavy atom. The zero-order valence-electron chi connectivity index (χ0n) is 12.9. The summed E-state index contributed by atoms with van der Waals surface area (Å²) in [6, 6.07) is 14.4. The Morgan fingerprint density at radius 2 is 1.73 bits per heavy atom. The largest absolute Gasteiger partial charge is 0.330 e. The highest BCUT2D eigenvalue weighted by atomic mass is 35.5.